The topological polar surface area (TPSA) is 76.1 Å². The Morgan fingerprint density at radius 1 is 1.56 bits per heavy atom. The van der Waals surface area contributed by atoms with E-state index in [2.05, 4.69) is 20.8 Å². The molecule has 0 bridgehead atoms. The Morgan fingerprint density at radius 3 is 2.88 bits per heavy atom. The minimum atomic E-state index is -0.516. The van der Waals surface area contributed by atoms with E-state index in [0.29, 0.717) is 17.6 Å². The number of halogens is 1. The maximum absolute atomic E-state index is 11.4. The molecule has 1 heterocycles. The van der Waals surface area contributed by atoms with Crippen LogP contribution >= 0.6 is 11.6 Å². The summed E-state index contributed by atoms with van der Waals surface area (Å²) in [6.45, 7) is 3.96. The van der Waals surface area contributed by atoms with Crippen LogP contribution in [0.1, 0.15) is 13.8 Å². The number of aromatic nitrogens is 2. The lowest BCUT2D eigenvalue weighted by Crippen LogP contribution is -2.38. The first-order chi connectivity index (χ1) is 7.63. The van der Waals surface area contributed by atoms with E-state index in [1.54, 1.807) is 6.92 Å². The highest BCUT2D eigenvalue weighted by atomic mass is 35.5. The molecule has 7 heteroatoms. The maximum Gasteiger partial charge on any atom is 0.267 e. The average Bonchev–Trinajstić information content (AvgIpc) is 2.28. The van der Waals surface area contributed by atoms with Crippen molar-refractivity contribution in [1.29, 1.82) is 0 Å². The number of hydrogen-bond acceptors (Lipinski definition) is 5. The van der Waals surface area contributed by atoms with Crippen molar-refractivity contribution in [3.63, 3.8) is 0 Å². The Morgan fingerprint density at radius 2 is 2.31 bits per heavy atom. The van der Waals surface area contributed by atoms with Gasteiger partial charge in [0.1, 0.15) is 11.3 Å². The molecule has 0 saturated carbocycles. The number of carbonyl (C=O) groups excluding carboxylic acids is 1. The lowest BCUT2D eigenvalue weighted by molar-refractivity contribution is -0.130. The minimum absolute atomic E-state index is 0.279. The van der Waals surface area contributed by atoms with Gasteiger partial charge in [0.15, 0.2) is 5.82 Å². The van der Waals surface area contributed by atoms with Crippen LogP contribution in [0.5, 0.6) is 0 Å². The number of anilines is 1. The summed E-state index contributed by atoms with van der Waals surface area (Å²) in [6, 6.07) is 0. The Balaban J connectivity index is 2.39. The zero-order valence-electron chi connectivity index (χ0n) is 9.03. The second-order valence-corrected chi connectivity index (χ2v) is 3.32. The van der Waals surface area contributed by atoms with Gasteiger partial charge < -0.3 is 4.74 Å². The van der Waals surface area contributed by atoms with Gasteiger partial charge in [-0.25, -0.2) is 9.97 Å². The third-order valence-corrected chi connectivity index (χ3v) is 1.92. The van der Waals surface area contributed by atoms with Gasteiger partial charge in [-0.3, -0.25) is 15.6 Å². The number of carbonyl (C=O) groups is 1. The molecule has 0 aliphatic heterocycles. The third-order valence-electron chi connectivity index (χ3n) is 1.72. The molecule has 0 unspecified atom stereocenters. The van der Waals surface area contributed by atoms with Gasteiger partial charge in [0.05, 0.1) is 12.4 Å². The zero-order chi connectivity index (χ0) is 12.0. The zero-order valence-corrected chi connectivity index (χ0v) is 9.78. The van der Waals surface area contributed by atoms with Crippen molar-refractivity contribution in [2.75, 3.05) is 12.0 Å². The van der Waals surface area contributed by atoms with Gasteiger partial charge in [0.25, 0.3) is 5.91 Å². The molecule has 0 radical (unpaired) electrons. The molecule has 0 aliphatic carbocycles. The van der Waals surface area contributed by atoms with Crippen LogP contribution in [-0.4, -0.2) is 28.6 Å². The highest BCUT2D eigenvalue weighted by Gasteiger charge is 2.11. The van der Waals surface area contributed by atoms with E-state index in [-0.39, 0.29) is 5.91 Å². The van der Waals surface area contributed by atoms with Crippen LogP contribution in [0.15, 0.2) is 12.4 Å². The number of nitrogens with zero attached hydrogens (tertiary/aromatic N) is 2. The number of hydrogen-bond donors (Lipinski definition) is 2. The standard InChI is InChI=1S/C9H13ClN4O2/c1-3-16-6(2)9(15)14-13-8-5-11-7(10)4-12-8/h4-6H,3H2,1-2H3,(H,12,13)(H,14,15)/t6-/m1/s1. The average molecular weight is 245 g/mol. The van der Waals surface area contributed by atoms with Crippen molar-refractivity contribution in [2.24, 2.45) is 0 Å². The molecule has 1 atom stereocenters. The summed E-state index contributed by atoms with van der Waals surface area (Å²) in [5.74, 6) is 0.125. The second kappa shape index (κ2) is 6.24. The molecule has 0 spiro atoms. The van der Waals surface area contributed by atoms with Gasteiger partial charge in [-0.15, -0.1) is 0 Å². The predicted molar refractivity (Wildman–Crippen MR) is 59.9 cm³/mol. The van der Waals surface area contributed by atoms with Crippen molar-refractivity contribution in [1.82, 2.24) is 15.4 Å². The fourth-order valence-corrected chi connectivity index (χ4v) is 1.03. The highest BCUT2D eigenvalue weighted by Crippen LogP contribution is 2.03. The Labute approximate surface area is 98.3 Å². The quantitative estimate of drug-likeness (QED) is 0.756. The van der Waals surface area contributed by atoms with Gasteiger partial charge in [-0.2, -0.15) is 0 Å². The molecule has 1 amide bonds. The van der Waals surface area contributed by atoms with Crippen molar-refractivity contribution in [3.05, 3.63) is 17.5 Å². The van der Waals surface area contributed by atoms with Gasteiger partial charge in [0.2, 0.25) is 0 Å². The Hall–Kier alpha value is -1.40. The highest BCUT2D eigenvalue weighted by molar-refractivity contribution is 6.29. The summed E-state index contributed by atoms with van der Waals surface area (Å²) in [5.41, 5.74) is 5.04. The monoisotopic (exact) mass is 244 g/mol. The maximum atomic E-state index is 11.4. The minimum Gasteiger partial charge on any atom is -0.369 e. The van der Waals surface area contributed by atoms with Crippen LogP contribution in [0.25, 0.3) is 0 Å². The molecule has 1 rings (SSSR count). The molecule has 0 aliphatic rings. The van der Waals surface area contributed by atoms with E-state index in [1.165, 1.54) is 12.4 Å². The van der Waals surface area contributed by atoms with Crippen molar-refractivity contribution in [3.8, 4) is 0 Å². The van der Waals surface area contributed by atoms with Crippen molar-refractivity contribution >= 4 is 23.3 Å². The molecule has 1 aromatic rings. The van der Waals surface area contributed by atoms with Crippen LogP contribution in [0.2, 0.25) is 5.15 Å². The first-order valence-electron chi connectivity index (χ1n) is 4.78. The lowest BCUT2D eigenvalue weighted by atomic mass is 10.4. The van der Waals surface area contributed by atoms with Crippen LogP contribution < -0.4 is 10.9 Å². The fourth-order valence-electron chi connectivity index (χ4n) is 0.930. The molecular weight excluding hydrogens is 232 g/mol. The van der Waals surface area contributed by atoms with E-state index in [4.69, 9.17) is 16.3 Å². The molecular formula is C9H13ClN4O2. The summed E-state index contributed by atoms with van der Waals surface area (Å²) in [5, 5.41) is 0.291. The first-order valence-corrected chi connectivity index (χ1v) is 5.16. The SMILES string of the molecule is CCO[C@H](C)C(=O)NNc1cnc(Cl)cn1. The largest absolute Gasteiger partial charge is 0.369 e. The normalized spacial score (nSPS) is 11.9. The molecule has 1 aromatic heterocycles. The van der Waals surface area contributed by atoms with E-state index in [9.17, 15) is 4.79 Å². The van der Waals surface area contributed by atoms with E-state index in [0.717, 1.165) is 0 Å². The molecule has 16 heavy (non-hydrogen) atoms. The number of hydrazine groups is 1. The van der Waals surface area contributed by atoms with Crippen molar-refractivity contribution < 1.29 is 9.53 Å². The summed E-state index contributed by atoms with van der Waals surface area (Å²) in [4.78, 5) is 19.1. The van der Waals surface area contributed by atoms with E-state index < -0.39 is 6.10 Å². The second-order valence-electron chi connectivity index (χ2n) is 2.94. The first kappa shape index (κ1) is 12.7. The lowest BCUT2D eigenvalue weighted by Gasteiger charge is -2.12. The van der Waals surface area contributed by atoms with Gasteiger partial charge >= 0.3 is 0 Å². The van der Waals surface area contributed by atoms with Crippen molar-refractivity contribution in [2.45, 2.75) is 20.0 Å². The number of nitrogens with one attached hydrogen (secondary N) is 2. The summed E-state index contributed by atoms with van der Waals surface area (Å²) in [7, 11) is 0. The van der Waals surface area contributed by atoms with Crippen LogP contribution in [0.4, 0.5) is 5.82 Å². The van der Waals surface area contributed by atoms with Gasteiger partial charge in [-0.1, -0.05) is 11.6 Å². The summed E-state index contributed by atoms with van der Waals surface area (Å²) in [6.07, 6.45) is 2.27. The smallest absolute Gasteiger partial charge is 0.267 e. The molecule has 0 saturated heterocycles. The van der Waals surface area contributed by atoms with Crippen LogP contribution in [-0.2, 0) is 9.53 Å². The Bertz CT molecular complexity index is 344. The fraction of sp³-hybridized carbons (Fsp3) is 0.444. The van der Waals surface area contributed by atoms with Gasteiger partial charge in [-0.05, 0) is 13.8 Å². The molecule has 0 aromatic carbocycles. The van der Waals surface area contributed by atoms with Crippen LogP contribution in [0.3, 0.4) is 0 Å². The Kier molecular flexibility index (Phi) is 4.94. The number of ether oxygens (including phenoxy) is 1. The molecule has 88 valence electrons. The molecule has 6 nitrogen and oxygen atoms in total. The number of rotatable bonds is 5. The van der Waals surface area contributed by atoms with Gasteiger partial charge in [0, 0.05) is 6.61 Å². The van der Waals surface area contributed by atoms with E-state index in [1.807, 2.05) is 6.92 Å². The van der Waals surface area contributed by atoms with E-state index >= 15 is 0 Å². The van der Waals surface area contributed by atoms with Crippen LogP contribution in [0, 0.1) is 0 Å². The molecule has 2 N–H and O–H groups in total. The summed E-state index contributed by atoms with van der Waals surface area (Å²) >= 11 is 5.56. The number of amides is 1. The third kappa shape index (κ3) is 4.00. The molecule has 0 fully saturated rings. The summed E-state index contributed by atoms with van der Waals surface area (Å²) < 4.78 is 5.10. The predicted octanol–water partition coefficient (Wildman–Crippen LogP) is 0.998.